The van der Waals surface area contributed by atoms with Crippen molar-refractivity contribution in [3.8, 4) is 0 Å². The van der Waals surface area contributed by atoms with Gasteiger partial charge < -0.3 is 24.8 Å². The van der Waals surface area contributed by atoms with Crippen LogP contribution >= 0.6 is 7.53 Å². The summed E-state index contributed by atoms with van der Waals surface area (Å²) in [6.45, 7) is 6.81. The largest absolute Gasteiger partial charge is 1.00 e. The van der Waals surface area contributed by atoms with Crippen molar-refractivity contribution in [3.05, 3.63) is 57.9 Å². The summed E-state index contributed by atoms with van der Waals surface area (Å²) >= 11 is 2.32. The molecule has 1 aromatic carbocycles. The van der Waals surface area contributed by atoms with Gasteiger partial charge >= 0.3 is 122 Å². The van der Waals surface area contributed by atoms with Gasteiger partial charge in [-0.1, -0.05) is 0 Å². The van der Waals surface area contributed by atoms with E-state index in [1.165, 1.54) is 27.8 Å². The van der Waals surface area contributed by atoms with E-state index in [1.807, 2.05) is 0 Å². The van der Waals surface area contributed by atoms with Gasteiger partial charge in [0.15, 0.2) is 0 Å². The summed E-state index contributed by atoms with van der Waals surface area (Å²) in [5.74, 6) is 2.52. The van der Waals surface area contributed by atoms with Crippen LogP contribution in [0.3, 0.4) is 0 Å². The molecule has 0 radical (unpaired) electrons. The van der Waals surface area contributed by atoms with Crippen molar-refractivity contribution < 1.29 is 45.2 Å². The van der Waals surface area contributed by atoms with Crippen molar-refractivity contribution in [1.82, 2.24) is 0 Å². The molecular formula is C16H16Cl2PTi. The summed E-state index contributed by atoms with van der Waals surface area (Å²) in [5, 5.41) is 0. The number of aryl methyl sites for hydroxylation is 1. The Hall–Kier alpha value is 0.0343. The van der Waals surface area contributed by atoms with Crippen LogP contribution in [0, 0.1) is 13.8 Å². The average molecular weight is 358 g/mol. The fourth-order valence-corrected chi connectivity index (χ4v) is 6.76. The summed E-state index contributed by atoms with van der Waals surface area (Å²) in [6.07, 6.45) is 2.37. The van der Waals surface area contributed by atoms with Crippen molar-refractivity contribution in [3.63, 3.8) is 0 Å². The van der Waals surface area contributed by atoms with Crippen LogP contribution in [0.2, 0.25) is 0 Å². The Morgan fingerprint density at radius 2 is 1.70 bits per heavy atom. The summed E-state index contributed by atoms with van der Waals surface area (Å²) in [5.41, 5.74) is 8.09. The van der Waals surface area contributed by atoms with E-state index < -0.39 is 0 Å². The van der Waals surface area contributed by atoms with Gasteiger partial charge in [0.05, 0.1) is 0 Å². The summed E-state index contributed by atoms with van der Waals surface area (Å²) in [7, 11) is -0.163. The predicted molar refractivity (Wildman–Crippen MR) is 76.5 cm³/mol. The zero-order valence-electron chi connectivity index (χ0n) is 11.7. The Bertz CT molecular complexity index is 658. The maximum absolute atomic E-state index is 2.52. The van der Waals surface area contributed by atoms with E-state index in [0.717, 1.165) is 0 Å². The average Bonchev–Trinajstić information content (AvgIpc) is 2.80. The molecule has 0 fully saturated rings. The zero-order valence-corrected chi connectivity index (χ0v) is 15.7. The Morgan fingerprint density at radius 1 is 1.05 bits per heavy atom. The third kappa shape index (κ3) is 2.83. The maximum Gasteiger partial charge on any atom is -1.00 e. The molecule has 0 spiro atoms. The van der Waals surface area contributed by atoms with Crippen molar-refractivity contribution in [1.29, 1.82) is 0 Å². The SMILES string of the molecule is CC1=Cc2ccccc2C1p1cc(C)c(C)[c]1[Ti+2].[Cl-].[Cl-]. The van der Waals surface area contributed by atoms with Crippen molar-refractivity contribution in [2.45, 2.75) is 26.4 Å². The van der Waals surface area contributed by atoms with Gasteiger partial charge in [0.1, 0.15) is 0 Å². The molecule has 0 aliphatic heterocycles. The molecule has 1 aromatic heterocycles. The standard InChI is InChI=1S/C16H16P.2ClH.Ti/c1-11-8-14-6-4-5-7-15(14)16(11)17-9-12(2)13(3)10-17;;;/h4-9,16H,1-3H3;2*1H;/q;;;+2/p-2. The van der Waals surface area contributed by atoms with E-state index in [-0.39, 0.29) is 32.3 Å². The normalized spacial score (nSPS) is 16.9. The molecule has 2 aromatic rings. The predicted octanol–water partition coefficient (Wildman–Crippen LogP) is -1.52. The van der Waals surface area contributed by atoms with Gasteiger partial charge in [0.2, 0.25) is 0 Å². The fraction of sp³-hybridized carbons (Fsp3) is 0.250. The number of benzene rings is 1. The number of halogens is 2. The minimum absolute atomic E-state index is 0. The number of allylic oxidation sites excluding steroid dienone is 1. The van der Waals surface area contributed by atoms with Crippen LogP contribution in [0.25, 0.3) is 6.08 Å². The van der Waals surface area contributed by atoms with Crippen molar-refractivity contribution >= 4 is 17.2 Å². The first-order valence-corrected chi connectivity index (χ1v) is 8.52. The molecule has 0 amide bonds. The summed E-state index contributed by atoms with van der Waals surface area (Å²) in [6, 6.07) is 8.86. The Kier molecular flexibility index (Phi) is 6.21. The summed E-state index contributed by atoms with van der Waals surface area (Å²) < 4.78 is 1.61. The van der Waals surface area contributed by atoms with E-state index in [9.17, 15) is 0 Å². The topological polar surface area (TPSA) is 0 Å². The fourth-order valence-electron chi connectivity index (χ4n) is 2.78. The number of hydrogen-bond donors (Lipinski definition) is 0. The van der Waals surface area contributed by atoms with E-state index in [1.54, 1.807) is 3.60 Å². The first-order chi connectivity index (χ1) is 8.59. The van der Waals surface area contributed by atoms with Crippen LogP contribution in [0.4, 0.5) is 0 Å². The molecule has 2 atom stereocenters. The molecule has 20 heavy (non-hydrogen) atoms. The molecule has 0 saturated carbocycles. The second-order valence-electron chi connectivity index (χ2n) is 5.11. The molecule has 1 aliphatic rings. The van der Waals surface area contributed by atoms with Crippen LogP contribution in [0.5, 0.6) is 0 Å². The van der Waals surface area contributed by atoms with Gasteiger partial charge in [-0.25, -0.2) is 0 Å². The number of hydrogen-bond acceptors (Lipinski definition) is 0. The second kappa shape index (κ2) is 6.86. The van der Waals surface area contributed by atoms with E-state index in [0.29, 0.717) is 5.66 Å². The third-order valence-electron chi connectivity index (χ3n) is 3.92. The van der Waals surface area contributed by atoms with Gasteiger partial charge in [-0.15, -0.1) is 0 Å². The molecule has 1 heterocycles. The molecule has 1 aliphatic carbocycles. The van der Waals surface area contributed by atoms with Gasteiger partial charge in [-0.2, -0.15) is 0 Å². The number of fused-ring (bicyclic) bond motifs is 1. The smallest absolute Gasteiger partial charge is 1.00 e. The molecule has 4 heteroatoms. The first-order valence-electron chi connectivity index (χ1n) is 6.26. The van der Waals surface area contributed by atoms with Gasteiger partial charge in [-0.05, 0) is 0 Å². The van der Waals surface area contributed by atoms with Crippen LogP contribution < -0.4 is 28.4 Å². The Labute approximate surface area is 146 Å². The summed E-state index contributed by atoms with van der Waals surface area (Å²) in [4.78, 5) is 0. The molecule has 103 valence electrons. The third-order valence-corrected chi connectivity index (χ3v) is 8.48. The van der Waals surface area contributed by atoms with E-state index >= 15 is 0 Å². The monoisotopic (exact) mass is 357 g/mol. The van der Waals surface area contributed by atoms with E-state index in [2.05, 4.69) is 77.3 Å². The molecule has 3 rings (SSSR count). The molecule has 0 bridgehead atoms. The van der Waals surface area contributed by atoms with Crippen LogP contribution in [0.15, 0.2) is 35.6 Å². The first kappa shape index (κ1) is 18.1. The molecule has 0 saturated heterocycles. The second-order valence-corrected chi connectivity index (χ2v) is 8.59. The molecule has 0 nitrogen and oxygen atoms in total. The minimum Gasteiger partial charge on any atom is -1.00 e. The quantitative estimate of drug-likeness (QED) is 0.544. The van der Waals surface area contributed by atoms with Gasteiger partial charge in [-0.3, -0.25) is 0 Å². The van der Waals surface area contributed by atoms with Crippen LogP contribution in [-0.2, 0) is 20.4 Å². The maximum atomic E-state index is 2.52. The van der Waals surface area contributed by atoms with Crippen LogP contribution in [0.1, 0.15) is 34.8 Å². The Morgan fingerprint density at radius 3 is 2.30 bits per heavy atom. The van der Waals surface area contributed by atoms with Gasteiger partial charge in [0, 0.05) is 0 Å². The van der Waals surface area contributed by atoms with Gasteiger partial charge in [0.25, 0.3) is 0 Å². The molecular weight excluding hydrogens is 342 g/mol. The number of rotatable bonds is 1. The Balaban J connectivity index is 0.000001000. The van der Waals surface area contributed by atoms with E-state index in [4.69, 9.17) is 0 Å². The van der Waals surface area contributed by atoms with Crippen molar-refractivity contribution in [2.24, 2.45) is 0 Å². The zero-order chi connectivity index (χ0) is 12.9. The molecule has 2 unspecified atom stereocenters. The van der Waals surface area contributed by atoms with Crippen LogP contribution in [-0.4, -0.2) is 0 Å². The van der Waals surface area contributed by atoms with Crippen molar-refractivity contribution in [2.75, 3.05) is 0 Å². The molecule has 0 N–H and O–H groups in total. The minimum atomic E-state index is -0.163.